The molecule has 3 rings (SSSR count). The summed E-state index contributed by atoms with van der Waals surface area (Å²) in [5, 5.41) is 3.13. The van der Waals surface area contributed by atoms with Gasteiger partial charge in [-0.15, -0.1) is 22.7 Å². The van der Waals surface area contributed by atoms with Crippen LogP contribution in [0.2, 0.25) is 0 Å². The van der Waals surface area contributed by atoms with Crippen molar-refractivity contribution in [1.82, 2.24) is 4.98 Å². The minimum Gasteiger partial charge on any atom is -0.492 e. The lowest BCUT2D eigenvalue weighted by Gasteiger charge is -2.02. The maximum Gasteiger partial charge on any atom is 0.134 e. The van der Waals surface area contributed by atoms with Crippen LogP contribution in [0.25, 0.3) is 20.1 Å². The van der Waals surface area contributed by atoms with Gasteiger partial charge < -0.3 is 10.5 Å². The first-order chi connectivity index (χ1) is 8.86. The summed E-state index contributed by atoms with van der Waals surface area (Å²) in [7, 11) is 0. The highest BCUT2D eigenvalue weighted by Crippen LogP contribution is 2.34. The van der Waals surface area contributed by atoms with Crippen molar-refractivity contribution < 1.29 is 4.74 Å². The van der Waals surface area contributed by atoms with Gasteiger partial charge in [-0.05, 0) is 29.6 Å². The molecule has 0 aliphatic heterocycles. The van der Waals surface area contributed by atoms with Crippen LogP contribution < -0.4 is 10.5 Å². The van der Waals surface area contributed by atoms with Crippen LogP contribution in [0.3, 0.4) is 0 Å². The molecule has 2 aromatic heterocycles. The molecule has 3 nitrogen and oxygen atoms in total. The van der Waals surface area contributed by atoms with Gasteiger partial charge in [-0.3, -0.25) is 0 Å². The Morgan fingerprint density at radius 3 is 3.00 bits per heavy atom. The maximum absolute atomic E-state index is 5.52. The third kappa shape index (κ3) is 2.25. The number of ether oxygens (including phenoxy) is 1. The van der Waals surface area contributed by atoms with E-state index in [0.29, 0.717) is 13.2 Å². The van der Waals surface area contributed by atoms with Gasteiger partial charge in [-0.1, -0.05) is 6.07 Å². The number of benzene rings is 1. The minimum atomic E-state index is 0.529. The number of hydrogen-bond donors (Lipinski definition) is 1. The summed E-state index contributed by atoms with van der Waals surface area (Å²) in [6.07, 6.45) is 0. The maximum atomic E-state index is 5.52. The third-order valence-electron chi connectivity index (χ3n) is 2.48. The largest absolute Gasteiger partial charge is 0.492 e. The smallest absolute Gasteiger partial charge is 0.134 e. The average Bonchev–Trinajstić information content (AvgIpc) is 3.03. The van der Waals surface area contributed by atoms with E-state index in [1.54, 1.807) is 22.7 Å². The van der Waals surface area contributed by atoms with E-state index in [9.17, 15) is 0 Å². The Labute approximate surface area is 113 Å². The summed E-state index contributed by atoms with van der Waals surface area (Å²) in [5.74, 6) is 0.856. The average molecular weight is 276 g/mol. The van der Waals surface area contributed by atoms with Crippen LogP contribution in [0.4, 0.5) is 0 Å². The number of nitrogens with two attached hydrogens (primary N) is 1. The molecule has 0 aliphatic carbocycles. The Morgan fingerprint density at radius 1 is 1.28 bits per heavy atom. The van der Waals surface area contributed by atoms with Crippen LogP contribution in [0.1, 0.15) is 0 Å². The van der Waals surface area contributed by atoms with E-state index in [-0.39, 0.29) is 0 Å². The lowest BCUT2D eigenvalue weighted by atomic mass is 10.3. The Balaban J connectivity index is 1.97. The molecule has 0 atom stereocenters. The number of rotatable bonds is 4. The first-order valence-electron chi connectivity index (χ1n) is 5.64. The number of thiazole rings is 1. The zero-order valence-electron chi connectivity index (χ0n) is 9.63. The van der Waals surface area contributed by atoms with Gasteiger partial charge >= 0.3 is 0 Å². The molecule has 2 N–H and O–H groups in total. The second-order valence-electron chi connectivity index (χ2n) is 3.76. The molecule has 0 bridgehead atoms. The SMILES string of the molecule is NCCOc1ccc2nc(-c3cccs3)sc2c1. The summed E-state index contributed by atoms with van der Waals surface area (Å²) < 4.78 is 6.67. The van der Waals surface area contributed by atoms with Crippen molar-refractivity contribution in [3.8, 4) is 15.6 Å². The molecule has 0 saturated carbocycles. The van der Waals surface area contributed by atoms with Crippen molar-refractivity contribution in [2.45, 2.75) is 0 Å². The van der Waals surface area contributed by atoms with Gasteiger partial charge in [0.2, 0.25) is 0 Å². The van der Waals surface area contributed by atoms with Crippen LogP contribution in [-0.4, -0.2) is 18.1 Å². The normalized spacial score (nSPS) is 10.9. The fourth-order valence-electron chi connectivity index (χ4n) is 1.68. The van der Waals surface area contributed by atoms with Crippen LogP contribution in [-0.2, 0) is 0 Å². The summed E-state index contributed by atoms with van der Waals surface area (Å²) in [5.41, 5.74) is 6.44. The van der Waals surface area contributed by atoms with Gasteiger partial charge in [-0.2, -0.15) is 0 Å². The molecular weight excluding hydrogens is 264 g/mol. The Morgan fingerprint density at radius 2 is 2.22 bits per heavy atom. The summed E-state index contributed by atoms with van der Waals surface area (Å²) in [6.45, 7) is 1.07. The van der Waals surface area contributed by atoms with Crippen molar-refractivity contribution in [2.24, 2.45) is 5.73 Å². The molecule has 0 spiro atoms. The molecule has 0 aliphatic rings. The highest BCUT2D eigenvalue weighted by Gasteiger charge is 2.07. The lowest BCUT2D eigenvalue weighted by molar-refractivity contribution is 0.329. The standard InChI is InChI=1S/C13H12N2OS2/c14-5-6-16-9-3-4-10-12(8-9)18-13(15-10)11-2-1-7-17-11/h1-4,7-8H,5-6,14H2. The molecular formula is C13H12N2OS2. The number of aromatic nitrogens is 1. The van der Waals surface area contributed by atoms with E-state index in [1.165, 1.54) is 4.88 Å². The van der Waals surface area contributed by atoms with Gasteiger partial charge in [0.15, 0.2) is 0 Å². The molecule has 0 radical (unpaired) electrons. The van der Waals surface area contributed by atoms with Gasteiger partial charge in [0.1, 0.15) is 17.4 Å². The third-order valence-corrected chi connectivity index (χ3v) is 4.54. The molecule has 5 heteroatoms. The van der Waals surface area contributed by atoms with Gasteiger partial charge in [-0.25, -0.2) is 4.98 Å². The predicted molar refractivity (Wildman–Crippen MR) is 77.5 cm³/mol. The highest BCUT2D eigenvalue weighted by molar-refractivity contribution is 7.25. The van der Waals surface area contributed by atoms with E-state index in [2.05, 4.69) is 16.4 Å². The molecule has 2 heterocycles. The molecule has 0 fully saturated rings. The van der Waals surface area contributed by atoms with E-state index < -0.39 is 0 Å². The van der Waals surface area contributed by atoms with Crippen LogP contribution in [0.5, 0.6) is 5.75 Å². The first-order valence-corrected chi connectivity index (χ1v) is 7.34. The monoisotopic (exact) mass is 276 g/mol. The Hall–Kier alpha value is -1.43. The van der Waals surface area contributed by atoms with E-state index in [4.69, 9.17) is 10.5 Å². The fourth-order valence-corrected chi connectivity index (χ4v) is 3.47. The fraction of sp³-hybridized carbons (Fsp3) is 0.154. The van der Waals surface area contributed by atoms with Crippen LogP contribution in [0, 0.1) is 0 Å². The second kappa shape index (κ2) is 5.06. The van der Waals surface area contributed by atoms with Crippen LogP contribution in [0.15, 0.2) is 35.7 Å². The predicted octanol–water partition coefficient (Wildman–Crippen LogP) is 3.36. The van der Waals surface area contributed by atoms with E-state index in [1.807, 2.05) is 24.3 Å². The van der Waals surface area contributed by atoms with Gasteiger partial charge in [0.05, 0.1) is 15.1 Å². The topological polar surface area (TPSA) is 48.1 Å². The molecule has 3 aromatic rings. The second-order valence-corrected chi connectivity index (χ2v) is 5.74. The molecule has 92 valence electrons. The van der Waals surface area contributed by atoms with Gasteiger partial charge in [0.25, 0.3) is 0 Å². The summed E-state index contributed by atoms with van der Waals surface area (Å²) in [4.78, 5) is 5.83. The van der Waals surface area contributed by atoms with E-state index >= 15 is 0 Å². The molecule has 18 heavy (non-hydrogen) atoms. The highest BCUT2D eigenvalue weighted by atomic mass is 32.1. The quantitative estimate of drug-likeness (QED) is 0.795. The number of fused-ring (bicyclic) bond motifs is 1. The zero-order valence-corrected chi connectivity index (χ0v) is 11.3. The zero-order chi connectivity index (χ0) is 12.4. The Bertz CT molecular complexity index is 646. The minimum absolute atomic E-state index is 0.529. The van der Waals surface area contributed by atoms with Crippen molar-refractivity contribution in [2.75, 3.05) is 13.2 Å². The van der Waals surface area contributed by atoms with Crippen molar-refractivity contribution in [1.29, 1.82) is 0 Å². The number of hydrogen-bond acceptors (Lipinski definition) is 5. The van der Waals surface area contributed by atoms with Crippen LogP contribution >= 0.6 is 22.7 Å². The van der Waals surface area contributed by atoms with Crippen molar-refractivity contribution in [3.05, 3.63) is 35.7 Å². The van der Waals surface area contributed by atoms with Gasteiger partial charge in [0, 0.05) is 6.54 Å². The molecule has 0 saturated heterocycles. The summed E-state index contributed by atoms with van der Waals surface area (Å²) in [6, 6.07) is 10.1. The summed E-state index contributed by atoms with van der Waals surface area (Å²) >= 11 is 3.40. The molecule has 0 unspecified atom stereocenters. The molecule has 1 aromatic carbocycles. The lowest BCUT2D eigenvalue weighted by Crippen LogP contribution is -2.10. The first kappa shape index (κ1) is 11.6. The Kier molecular flexibility index (Phi) is 3.27. The van der Waals surface area contributed by atoms with Crippen molar-refractivity contribution >= 4 is 32.9 Å². The van der Waals surface area contributed by atoms with Crippen molar-refractivity contribution in [3.63, 3.8) is 0 Å². The number of thiophene rings is 1. The molecule has 0 amide bonds. The van der Waals surface area contributed by atoms with E-state index in [0.717, 1.165) is 21.0 Å². The number of nitrogens with zero attached hydrogens (tertiary/aromatic N) is 1.